The number of aromatic nitrogens is 5. The van der Waals surface area contributed by atoms with E-state index in [1.165, 1.54) is 0 Å². The van der Waals surface area contributed by atoms with Gasteiger partial charge in [-0.2, -0.15) is 5.10 Å². The molecule has 0 fully saturated rings. The third-order valence-corrected chi connectivity index (χ3v) is 4.24. The number of nitrogens with zero attached hydrogens (tertiary/aromatic N) is 5. The first-order valence-electron chi connectivity index (χ1n) is 7.92. The maximum absolute atomic E-state index is 12.5. The molecule has 3 aromatic heterocycles. The third-order valence-electron chi connectivity index (χ3n) is 4.24. The average molecular weight is 322 g/mol. The summed E-state index contributed by atoms with van der Waals surface area (Å²) in [7, 11) is 1.91. The summed E-state index contributed by atoms with van der Waals surface area (Å²) in [6, 6.07) is 5.74. The number of pyridine rings is 1. The summed E-state index contributed by atoms with van der Waals surface area (Å²) in [6.45, 7) is 2.21. The highest BCUT2D eigenvalue weighted by Crippen LogP contribution is 2.19. The summed E-state index contributed by atoms with van der Waals surface area (Å²) < 4.78 is 1.79. The van der Waals surface area contributed by atoms with Crippen molar-refractivity contribution in [2.75, 3.05) is 6.54 Å². The number of hydrogen-bond acceptors (Lipinski definition) is 5. The van der Waals surface area contributed by atoms with Crippen LogP contribution in [-0.4, -0.2) is 36.2 Å². The van der Waals surface area contributed by atoms with E-state index in [2.05, 4.69) is 25.0 Å². The Hall–Kier alpha value is -2.80. The van der Waals surface area contributed by atoms with Crippen LogP contribution in [0.5, 0.6) is 0 Å². The second-order valence-electron chi connectivity index (χ2n) is 6.02. The van der Waals surface area contributed by atoms with Gasteiger partial charge in [-0.25, -0.2) is 4.98 Å². The Morgan fingerprint density at radius 1 is 1.33 bits per heavy atom. The van der Waals surface area contributed by atoms with Crippen LogP contribution in [0.4, 0.5) is 0 Å². The quantitative estimate of drug-likeness (QED) is 0.782. The normalized spacial score (nSPS) is 14.5. The largest absolute Gasteiger partial charge is 0.306 e. The molecule has 1 aliphatic heterocycles. The lowest BCUT2D eigenvalue weighted by Crippen LogP contribution is -2.35. The Kier molecular flexibility index (Phi) is 3.70. The third kappa shape index (κ3) is 2.85. The van der Waals surface area contributed by atoms with Gasteiger partial charge in [-0.15, -0.1) is 0 Å². The van der Waals surface area contributed by atoms with Gasteiger partial charge in [-0.05, 0) is 18.2 Å². The zero-order chi connectivity index (χ0) is 16.5. The molecule has 7 nitrogen and oxygen atoms in total. The molecule has 0 aromatic carbocycles. The van der Waals surface area contributed by atoms with E-state index in [0.29, 0.717) is 12.4 Å². The summed E-state index contributed by atoms with van der Waals surface area (Å²) in [5.74, 6) is 0.588. The molecule has 0 saturated carbocycles. The fraction of sp³-hybridized carbons (Fsp3) is 0.294. The number of fused-ring (bicyclic) bond motifs is 1. The SMILES string of the molecule is Cn1ccc(CN2CCc3nc(-c4cccnc4)[nH]c(=O)c3C2)n1. The van der Waals surface area contributed by atoms with Gasteiger partial charge < -0.3 is 4.98 Å². The molecule has 0 aliphatic carbocycles. The van der Waals surface area contributed by atoms with Crippen LogP contribution in [0.3, 0.4) is 0 Å². The van der Waals surface area contributed by atoms with Gasteiger partial charge in [-0.1, -0.05) is 0 Å². The molecule has 4 rings (SSSR count). The highest BCUT2D eigenvalue weighted by Gasteiger charge is 2.22. The number of aryl methyl sites for hydroxylation is 1. The average Bonchev–Trinajstić information content (AvgIpc) is 3.01. The van der Waals surface area contributed by atoms with E-state index >= 15 is 0 Å². The van der Waals surface area contributed by atoms with Gasteiger partial charge in [0.25, 0.3) is 5.56 Å². The van der Waals surface area contributed by atoms with Crippen LogP contribution < -0.4 is 5.56 Å². The molecule has 0 radical (unpaired) electrons. The van der Waals surface area contributed by atoms with Crippen LogP contribution in [0.1, 0.15) is 17.0 Å². The summed E-state index contributed by atoms with van der Waals surface area (Å²) >= 11 is 0. The van der Waals surface area contributed by atoms with Crippen LogP contribution >= 0.6 is 0 Å². The molecule has 122 valence electrons. The minimum absolute atomic E-state index is 0.0652. The first-order valence-corrected chi connectivity index (χ1v) is 7.92. The van der Waals surface area contributed by atoms with Crippen molar-refractivity contribution < 1.29 is 0 Å². The van der Waals surface area contributed by atoms with Crippen LogP contribution in [0, 0.1) is 0 Å². The number of aromatic amines is 1. The first kappa shape index (κ1) is 14.8. The first-order chi connectivity index (χ1) is 11.7. The molecule has 0 amide bonds. The standard InChI is InChI=1S/C17H18N6O/c1-22-7-4-13(21-22)10-23-8-5-15-14(11-23)17(24)20-16(19-15)12-3-2-6-18-9-12/h2-4,6-7,9H,5,8,10-11H2,1H3,(H,19,20,24). The fourth-order valence-electron chi connectivity index (χ4n) is 3.03. The highest BCUT2D eigenvalue weighted by molar-refractivity contribution is 5.53. The molecule has 0 spiro atoms. The molecule has 0 saturated heterocycles. The molecule has 1 N–H and O–H groups in total. The maximum Gasteiger partial charge on any atom is 0.255 e. The van der Waals surface area contributed by atoms with E-state index in [1.807, 2.05) is 31.4 Å². The van der Waals surface area contributed by atoms with Crippen molar-refractivity contribution in [2.45, 2.75) is 19.5 Å². The van der Waals surface area contributed by atoms with Crippen molar-refractivity contribution in [2.24, 2.45) is 7.05 Å². The van der Waals surface area contributed by atoms with Gasteiger partial charge in [-0.3, -0.25) is 19.4 Å². The van der Waals surface area contributed by atoms with E-state index in [1.54, 1.807) is 17.1 Å². The Balaban J connectivity index is 1.59. The zero-order valence-electron chi connectivity index (χ0n) is 13.4. The Labute approximate surface area is 139 Å². The molecule has 3 aromatic rings. The summed E-state index contributed by atoms with van der Waals surface area (Å²) in [6.07, 6.45) is 6.11. The van der Waals surface area contributed by atoms with Crippen LogP contribution in [0.2, 0.25) is 0 Å². The van der Waals surface area contributed by atoms with Gasteiger partial charge in [0.05, 0.1) is 17.0 Å². The van der Waals surface area contributed by atoms with Gasteiger partial charge in [0.2, 0.25) is 0 Å². The minimum atomic E-state index is -0.0652. The lowest BCUT2D eigenvalue weighted by Gasteiger charge is -2.26. The van der Waals surface area contributed by atoms with E-state index in [9.17, 15) is 4.79 Å². The monoisotopic (exact) mass is 322 g/mol. The molecule has 4 heterocycles. The van der Waals surface area contributed by atoms with E-state index in [-0.39, 0.29) is 5.56 Å². The van der Waals surface area contributed by atoms with Crippen LogP contribution in [0.15, 0.2) is 41.6 Å². The van der Waals surface area contributed by atoms with Crippen molar-refractivity contribution in [3.8, 4) is 11.4 Å². The lowest BCUT2D eigenvalue weighted by molar-refractivity contribution is 0.238. The van der Waals surface area contributed by atoms with Crippen LogP contribution in [0.25, 0.3) is 11.4 Å². The van der Waals surface area contributed by atoms with Gasteiger partial charge in [0, 0.05) is 57.3 Å². The van der Waals surface area contributed by atoms with Crippen molar-refractivity contribution in [3.63, 3.8) is 0 Å². The molecule has 0 atom stereocenters. The zero-order valence-corrected chi connectivity index (χ0v) is 13.4. The topological polar surface area (TPSA) is 79.7 Å². The maximum atomic E-state index is 12.5. The van der Waals surface area contributed by atoms with Gasteiger partial charge in [0.15, 0.2) is 0 Å². The fourth-order valence-corrected chi connectivity index (χ4v) is 3.03. The van der Waals surface area contributed by atoms with E-state index in [4.69, 9.17) is 0 Å². The molecule has 0 unspecified atom stereocenters. The predicted octanol–water partition coefficient (Wildman–Crippen LogP) is 1.12. The molecule has 7 heteroatoms. The summed E-state index contributed by atoms with van der Waals surface area (Å²) in [4.78, 5) is 26.3. The van der Waals surface area contributed by atoms with E-state index in [0.717, 1.165) is 42.0 Å². The summed E-state index contributed by atoms with van der Waals surface area (Å²) in [5.41, 5.74) is 3.41. The van der Waals surface area contributed by atoms with Gasteiger partial charge in [0.1, 0.15) is 5.82 Å². The Bertz CT molecular complexity index is 914. The van der Waals surface area contributed by atoms with E-state index < -0.39 is 0 Å². The lowest BCUT2D eigenvalue weighted by atomic mass is 10.1. The Morgan fingerprint density at radius 3 is 3.00 bits per heavy atom. The molecular formula is C17H18N6O. The number of nitrogens with one attached hydrogen (secondary N) is 1. The summed E-state index contributed by atoms with van der Waals surface area (Å²) in [5, 5.41) is 4.40. The Morgan fingerprint density at radius 2 is 2.25 bits per heavy atom. The van der Waals surface area contributed by atoms with Gasteiger partial charge >= 0.3 is 0 Å². The molecule has 0 bridgehead atoms. The molecule has 24 heavy (non-hydrogen) atoms. The van der Waals surface area contributed by atoms with Crippen LogP contribution in [-0.2, 0) is 26.6 Å². The van der Waals surface area contributed by atoms with Crippen molar-refractivity contribution in [1.82, 2.24) is 29.6 Å². The molecule has 1 aliphatic rings. The second kappa shape index (κ2) is 6.01. The molecular weight excluding hydrogens is 304 g/mol. The van der Waals surface area contributed by atoms with Crippen molar-refractivity contribution in [3.05, 3.63) is 64.1 Å². The smallest absolute Gasteiger partial charge is 0.255 e. The number of hydrogen-bond donors (Lipinski definition) is 1. The minimum Gasteiger partial charge on any atom is -0.306 e. The second-order valence-corrected chi connectivity index (χ2v) is 6.02. The number of rotatable bonds is 3. The van der Waals surface area contributed by atoms with Crippen molar-refractivity contribution >= 4 is 0 Å². The number of H-pyrrole nitrogens is 1. The highest BCUT2D eigenvalue weighted by atomic mass is 16.1. The van der Waals surface area contributed by atoms with Crippen molar-refractivity contribution in [1.29, 1.82) is 0 Å². The predicted molar refractivity (Wildman–Crippen MR) is 89.1 cm³/mol.